The van der Waals surface area contributed by atoms with Crippen molar-refractivity contribution in [3.63, 3.8) is 0 Å². The zero-order valence-electron chi connectivity index (χ0n) is 15.3. The Hall–Kier alpha value is -2.78. The average Bonchev–Trinajstić information content (AvgIpc) is 3.26. The van der Waals surface area contributed by atoms with E-state index in [2.05, 4.69) is 15.5 Å². The summed E-state index contributed by atoms with van der Waals surface area (Å²) in [6, 6.07) is 5.96. The second-order valence-corrected chi connectivity index (χ2v) is 7.44. The summed E-state index contributed by atoms with van der Waals surface area (Å²) in [7, 11) is 0. The molecule has 1 amide bonds. The van der Waals surface area contributed by atoms with Gasteiger partial charge in [-0.05, 0) is 38.0 Å². The molecule has 0 radical (unpaired) electrons. The Morgan fingerprint density at radius 1 is 1.39 bits per heavy atom. The third-order valence-electron chi connectivity index (χ3n) is 4.31. The number of aromatic nitrogens is 2. The van der Waals surface area contributed by atoms with Gasteiger partial charge >= 0.3 is 0 Å². The standard InChI is InChI=1S/C19H18FN3O4S/c1-10(26-14-6-4-3-5-13(14)20)17(24)22-19-16(18-21-11(2)23-27-18)12-7-8-25-9-15(12)28-19/h3-6,10H,7-9H2,1-2H3,(H,22,24). The summed E-state index contributed by atoms with van der Waals surface area (Å²) in [6.45, 7) is 4.35. The fraction of sp³-hybridized carbons (Fsp3) is 0.316. The lowest BCUT2D eigenvalue weighted by Gasteiger charge is -2.15. The maximum absolute atomic E-state index is 13.8. The van der Waals surface area contributed by atoms with Gasteiger partial charge in [0.2, 0.25) is 0 Å². The van der Waals surface area contributed by atoms with E-state index in [4.69, 9.17) is 14.0 Å². The number of aryl methyl sites for hydroxylation is 1. The topological polar surface area (TPSA) is 86.5 Å². The van der Waals surface area contributed by atoms with Crippen molar-refractivity contribution < 1.29 is 23.2 Å². The first-order valence-corrected chi connectivity index (χ1v) is 9.59. The molecule has 28 heavy (non-hydrogen) atoms. The molecule has 1 unspecified atom stereocenters. The van der Waals surface area contributed by atoms with Gasteiger partial charge in [-0.25, -0.2) is 4.39 Å². The number of fused-ring (bicyclic) bond motifs is 1. The van der Waals surface area contributed by atoms with Gasteiger partial charge in [0.25, 0.3) is 11.8 Å². The van der Waals surface area contributed by atoms with Crippen LogP contribution in [-0.4, -0.2) is 28.8 Å². The van der Waals surface area contributed by atoms with E-state index in [1.807, 2.05) is 0 Å². The number of amides is 1. The number of anilines is 1. The largest absolute Gasteiger partial charge is 0.478 e. The van der Waals surface area contributed by atoms with Gasteiger partial charge in [-0.1, -0.05) is 17.3 Å². The summed E-state index contributed by atoms with van der Waals surface area (Å²) < 4.78 is 30.1. The SMILES string of the molecule is Cc1noc(-c2c(NC(=O)C(C)Oc3ccccc3F)sc3c2CCOC3)n1. The van der Waals surface area contributed by atoms with E-state index in [0.29, 0.717) is 36.4 Å². The number of ether oxygens (including phenoxy) is 2. The van der Waals surface area contributed by atoms with Crippen LogP contribution in [0.1, 0.15) is 23.2 Å². The normalized spacial score (nSPS) is 14.4. The highest BCUT2D eigenvalue weighted by Gasteiger charge is 2.28. The number of nitrogens with zero attached hydrogens (tertiary/aromatic N) is 2. The van der Waals surface area contributed by atoms with Gasteiger partial charge in [0.1, 0.15) is 5.00 Å². The van der Waals surface area contributed by atoms with Crippen molar-refractivity contribution in [3.05, 3.63) is 46.3 Å². The lowest BCUT2D eigenvalue weighted by Crippen LogP contribution is -2.30. The number of rotatable bonds is 5. The van der Waals surface area contributed by atoms with Crippen LogP contribution in [0.4, 0.5) is 9.39 Å². The Balaban J connectivity index is 1.59. The molecular weight excluding hydrogens is 385 g/mol. The summed E-state index contributed by atoms with van der Waals surface area (Å²) in [6.07, 6.45) is -0.204. The smallest absolute Gasteiger partial charge is 0.265 e. The number of benzene rings is 1. The Labute approximate surface area is 164 Å². The molecule has 1 aromatic carbocycles. The van der Waals surface area contributed by atoms with Gasteiger partial charge in [0.05, 0.1) is 18.8 Å². The summed E-state index contributed by atoms with van der Waals surface area (Å²) in [4.78, 5) is 18.0. The van der Waals surface area contributed by atoms with Gasteiger partial charge in [0, 0.05) is 4.88 Å². The lowest BCUT2D eigenvalue weighted by atomic mass is 10.1. The first-order chi connectivity index (χ1) is 13.5. The molecule has 1 aliphatic heterocycles. The average molecular weight is 403 g/mol. The zero-order chi connectivity index (χ0) is 19.7. The summed E-state index contributed by atoms with van der Waals surface area (Å²) in [5.74, 6) is -0.0321. The second-order valence-electron chi connectivity index (χ2n) is 6.34. The van der Waals surface area contributed by atoms with Crippen LogP contribution in [0.2, 0.25) is 0 Å². The number of nitrogens with one attached hydrogen (secondary N) is 1. The fourth-order valence-corrected chi connectivity index (χ4v) is 4.12. The lowest BCUT2D eigenvalue weighted by molar-refractivity contribution is -0.122. The number of para-hydroxylation sites is 1. The molecule has 1 N–H and O–H groups in total. The monoisotopic (exact) mass is 403 g/mol. The predicted molar refractivity (Wildman–Crippen MR) is 101 cm³/mol. The van der Waals surface area contributed by atoms with Crippen molar-refractivity contribution in [2.45, 2.75) is 33.0 Å². The van der Waals surface area contributed by atoms with Crippen LogP contribution in [-0.2, 0) is 22.6 Å². The minimum atomic E-state index is -0.899. The van der Waals surface area contributed by atoms with E-state index >= 15 is 0 Å². The van der Waals surface area contributed by atoms with Crippen LogP contribution in [0.5, 0.6) is 5.75 Å². The Kier molecular flexibility index (Phi) is 5.10. The molecule has 9 heteroatoms. The van der Waals surface area contributed by atoms with Crippen LogP contribution < -0.4 is 10.1 Å². The van der Waals surface area contributed by atoms with Crippen molar-refractivity contribution in [3.8, 4) is 17.2 Å². The van der Waals surface area contributed by atoms with Crippen molar-refractivity contribution in [1.82, 2.24) is 10.1 Å². The summed E-state index contributed by atoms with van der Waals surface area (Å²) in [5, 5.41) is 7.31. The van der Waals surface area contributed by atoms with Crippen molar-refractivity contribution in [2.75, 3.05) is 11.9 Å². The highest BCUT2D eigenvalue weighted by atomic mass is 32.1. The molecule has 7 nitrogen and oxygen atoms in total. The van der Waals surface area contributed by atoms with Gasteiger partial charge < -0.3 is 19.3 Å². The molecule has 4 rings (SSSR count). The molecule has 0 saturated heterocycles. The molecule has 3 aromatic rings. The third-order valence-corrected chi connectivity index (χ3v) is 5.43. The van der Waals surface area contributed by atoms with Gasteiger partial charge in [-0.2, -0.15) is 4.98 Å². The molecule has 146 valence electrons. The first-order valence-electron chi connectivity index (χ1n) is 8.78. The first kappa shape index (κ1) is 18.6. The van der Waals surface area contributed by atoms with Crippen LogP contribution >= 0.6 is 11.3 Å². The maximum atomic E-state index is 13.8. The number of hydrogen-bond donors (Lipinski definition) is 1. The molecule has 0 bridgehead atoms. The van der Waals surface area contributed by atoms with E-state index in [1.54, 1.807) is 26.0 Å². The molecule has 0 aliphatic carbocycles. The molecule has 3 heterocycles. The van der Waals surface area contributed by atoms with Gasteiger partial charge in [-0.3, -0.25) is 4.79 Å². The van der Waals surface area contributed by atoms with E-state index < -0.39 is 17.8 Å². The van der Waals surface area contributed by atoms with Crippen LogP contribution in [0, 0.1) is 12.7 Å². The van der Waals surface area contributed by atoms with E-state index in [-0.39, 0.29) is 5.75 Å². The van der Waals surface area contributed by atoms with Crippen LogP contribution in [0.3, 0.4) is 0 Å². The van der Waals surface area contributed by atoms with Crippen LogP contribution in [0.15, 0.2) is 28.8 Å². The summed E-state index contributed by atoms with van der Waals surface area (Å²) in [5.41, 5.74) is 1.76. The van der Waals surface area contributed by atoms with Crippen molar-refractivity contribution in [2.24, 2.45) is 0 Å². The Morgan fingerprint density at radius 2 is 2.21 bits per heavy atom. The minimum absolute atomic E-state index is 0.0248. The number of carbonyl (C=O) groups excluding carboxylic acids is 1. The number of halogens is 1. The predicted octanol–water partition coefficient (Wildman–Crippen LogP) is 3.72. The fourth-order valence-electron chi connectivity index (χ4n) is 2.94. The highest BCUT2D eigenvalue weighted by Crippen LogP contribution is 2.42. The number of thiophene rings is 1. The molecule has 1 aliphatic rings. The van der Waals surface area contributed by atoms with E-state index in [1.165, 1.54) is 23.5 Å². The van der Waals surface area contributed by atoms with E-state index in [0.717, 1.165) is 16.0 Å². The molecule has 0 fully saturated rings. The van der Waals surface area contributed by atoms with Crippen LogP contribution in [0.25, 0.3) is 11.5 Å². The quantitative estimate of drug-likeness (QED) is 0.699. The second kappa shape index (κ2) is 7.69. The van der Waals surface area contributed by atoms with Crippen molar-refractivity contribution in [1.29, 1.82) is 0 Å². The zero-order valence-corrected chi connectivity index (χ0v) is 16.1. The highest BCUT2D eigenvalue weighted by molar-refractivity contribution is 7.17. The molecule has 1 atom stereocenters. The minimum Gasteiger partial charge on any atom is -0.478 e. The summed E-state index contributed by atoms with van der Waals surface area (Å²) >= 11 is 1.41. The number of hydrogen-bond acceptors (Lipinski definition) is 7. The van der Waals surface area contributed by atoms with E-state index in [9.17, 15) is 9.18 Å². The van der Waals surface area contributed by atoms with Gasteiger partial charge in [0.15, 0.2) is 23.5 Å². The van der Waals surface area contributed by atoms with Gasteiger partial charge in [-0.15, -0.1) is 11.3 Å². The number of carbonyl (C=O) groups is 1. The molecule has 0 spiro atoms. The third kappa shape index (κ3) is 3.63. The molecule has 2 aromatic heterocycles. The maximum Gasteiger partial charge on any atom is 0.265 e. The van der Waals surface area contributed by atoms with Crippen molar-refractivity contribution >= 4 is 22.2 Å². The molecule has 0 saturated carbocycles. The Bertz CT molecular complexity index is 1020. The molecular formula is C19H18FN3O4S. The Morgan fingerprint density at radius 3 is 2.96 bits per heavy atom.